The van der Waals surface area contributed by atoms with E-state index in [2.05, 4.69) is 31.5 Å². The Bertz CT molecular complexity index is 158. The Labute approximate surface area is 75.5 Å². The Balaban J connectivity index is 0.000000561. The third-order valence-electron chi connectivity index (χ3n) is 2.11. The molecule has 0 unspecified atom stereocenters. The molecule has 2 nitrogen and oxygen atoms in total. The summed E-state index contributed by atoms with van der Waals surface area (Å²) >= 11 is 0. The number of likely N-dealkylation sites (tertiary alicyclic amines) is 1. The average molecular weight is 166 g/mol. The van der Waals surface area contributed by atoms with E-state index in [0.29, 0.717) is 0 Å². The van der Waals surface area contributed by atoms with Gasteiger partial charge >= 0.3 is 0 Å². The Morgan fingerprint density at radius 3 is 2.67 bits per heavy atom. The monoisotopic (exact) mass is 166 g/mol. The fourth-order valence-corrected chi connectivity index (χ4v) is 1.48. The quantitative estimate of drug-likeness (QED) is 0.598. The van der Waals surface area contributed by atoms with Gasteiger partial charge in [0.2, 0.25) is 0 Å². The zero-order valence-corrected chi connectivity index (χ0v) is 8.08. The van der Waals surface area contributed by atoms with Crippen molar-refractivity contribution in [2.75, 3.05) is 13.6 Å². The lowest BCUT2D eigenvalue weighted by molar-refractivity contribution is 0.343. The molecule has 2 heteroatoms. The molecule has 1 saturated heterocycles. The molecular weight excluding hydrogens is 148 g/mol. The summed E-state index contributed by atoms with van der Waals surface area (Å²) in [5.74, 6) is 0. The highest BCUT2D eigenvalue weighted by Gasteiger charge is 2.08. The first kappa shape index (κ1) is 11.0. The molecule has 0 N–H and O–H groups in total. The van der Waals surface area contributed by atoms with Crippen molar-refractivity contribution in [3.63, 3.8) is 0 Å². The van der Waals surface area contributed by atoms with Crippen molar-refractivity contribution in [1.82, 2.24) is 4.90 Å². The minimum Gasteiger partial charge on any atom is -0.378 e. The molecule has 1 aliphatic rings. The van der Waals surface area contributed by atoms with Gasteiger partial charge < -0.3 is 4.90 Å². The zero-order valence-electron chi connectivity index (χ0n) is 8.08. The second-order valence-corrected chi connectivity index (χ2v) is 2.98. The lowest BCUT2D eigenvalue weighted by atomic mass is 10.1. The van der Waals surface area contributed by atoms with Crippen LogP contribution in [0.15, 0.2) is 11.8 Å². The van der Waals surface area contributed by atoms with Gasteiger partial charge in [-0.05, 0) is 25.7 Å². The van der Waals surface area contributed by atoms with Crippen molar-refractivity contribution in [3.8, 4) is 6.57 Å². The fraction of sp³-hybridized carbons (Fsp3) is 0.700. The van der Waals surface area contributed by atoms with Gasteiger partial charge in [-0.25, -0.2) is 5.26 Å². The topological polar surface area (TPSA) is 27.0 Å². The maximum absolute atomic E-state index is 6.50. The molecule has 0 radical (unpaired) electrons. The number of allylic oxidation sites excluding steroid dienone is 2. The highest BCUT2D eigenvalue weighted by atomic mass is 15.1. The predicted octanol–water partition coefficient (Wildman–Crippen LogP) is 2.54. The molecular formula is C10H18N2. The van der Waals surface area contributed by atoms with Crippen LogP contribution in [-0.2, 0) is 0 Å². The molecule has 68 valence electrons. The van der Waals surface area contributed by atoms with Crippen LogP contribution in [0.1, 0.15) is 32.6 Å². The molecule has 1 rings (SSSR count). The van der Waals surface area contributed by atoms with Gasteiger partial charge in [-0.3, -0.25) is 0 Å². The van der Waals surface area contributed by atoms with Crippen LogP contribution < -0.4 is 0 Å². The van der Waals surface area contributed by atoms with Gasteiger partial charge in [-0.15, -0.1) is 0 Å². The van der Waals surface area contributed by atoms with Crippen molar-refractivity contribution in [3.05, 3.63) is 11.8 Å². The van der Waals surface area contributed by atoms with Crippen LogP contribution in [0.3, 0.4) is 0 Å². The second-order valence-electron chi connectivity index (χ2n) is 2.98. The second kappa shape index (κ2) is 6.72. The maximum Gasteiger partial charge on any atom is 0.0462 e. The number of hydrogen-bond donors (Lipinski definition) is 0. The first-order valence-corrected chi connectivity index (χ1v) is 4.50. The molecule has 0 aromatic rings. The normalized spacial score (nSPS) is 20.0. The van der Waals surface area contributed by atoms with Crippen molar-refractivity contribution < 1.29 is 0 Å². The van der Waals surface area contributed by atoms with E-state index in [1.54, 1.807) is 5.70 Å². The molecule has 0 amide bonds. The number of nitriles is 1. The Morgan fingerprint density at radius 2 is 2.17 bits per heavy atom. The smallest absolute Gasteiger partial charge is 0.0462 e. The number of piperidine rings is 1. The van der Waals surface area contributed by atoms with Gasteiger partial charge in [0.1, 0.15) is 0 Å². The number of rotatable bonds is 1. The molecule has 12 heavy (non-hydrogen) atoms. The third kappa shape index (κ3) is 3.43. The van der Waals surface area contributed by atoms with Crippen molar-refractivity contribution in [2.24, 2.45) is 0 Å². The summed E-state index contributed by atoms with van der Waals surface area (Å²) in [6, 6.07) is 0. The molecule has 0 aliphatic carbocycles. The molecule has 0 saturated carbocycles. The predicted molar refractivity (Wildman–Crippen MR) is 51.5 cm³/mol. The van der Waals surface area contributed by atoms with Gasteiger partial charge in [0, 0.05) is 25.9 Å². The fourth-order valence-electron chi connectivity index (χ4n) is 1.48. The first-order chi connectivity index (χ1) is 5.84. The van der Waals surface area contributed by atoms with E-state index in [4.69, 9.17) is 5.26 Å². The van der Waals surface area contributed by atoms with E-state index in [1.165, 1.54) is 32.2 Å². The molecule has 1 fully saturated rings. The van der Waals surface area contributed by atoms with E-state index in [0.717, 1.165) is 0 Å². The minimum absolute atomic E-state index is 1.18. The highest BCUT2D eigenvalue weighted by Crippen LogP contribution is 2.18. The average Bonchev–Trinajstić information content (AvgIpc) is 2.13. The molecule has 0 bridgehead atoms. The molecule has 1 heterocycles. The van der Waals surface area contributed by atoms with Crippen molar-refractivity contribution in [1.29, 1.82) is 5.26 Å². The minimum atomic E-state index is 1.18. The maximum atomic E-state index is 6.50. The van der Waals surface area contributed by atoms with Crippen molar-refractivity contribution >= 4 is 0 Å². The summed E-state index contributed by atoms with van der Waals surface area (Å²) in [6.07, 6.45) is 7.58. The Hall–Kier alpha value is -0.970. The summed E-state index contributed by atoms with van der Waals surface area (Å²) in [7, 11) is 2.20. The van der Waals surface area contributed by atoms with Crippen LogP contribution in [0.2, 0.25) is 0 Å². The van der Waals surface area contributed by atoms with Crippen LogP contribution in [0.25, 0.3) is 0 Å². The summed E-state index contributed by atoms with van der Waals surface area (Å²) in [5.41, 5.74) is 1.55. The van der Waals surface area contributed by atoms with E-state index >= 15 is 0 Å². The Kier molecular flexibility index (Phi) is 6.18. The van der Waals surface area contributed by atoms with Crippen LogP contribution in [0.5, 0.6) is 0 Å². The Morgan fingerprint density at radius 1 is 1.50 bits per heavy atom. The standard InChI is InChI=1S/C9H17N.CHN/c1-3-6-9-7-4-5-8-10(9)2;1-2/h6H,3-5,7-8H2,1-2H3;1H. The van der Waals surface area contributed by atoms with Gasteiger partial charge in [0.25, 0.3) is 0 Å². The largest absolute Gasteiger partial charge is 0.378 e. The summed E-state index contributed by atoms with van der Waals surface area (Å²) in [5, 5.41) is 6.50. The van der Waals surface area contributed by atoms with Gasteiger partial charge in [0.05, 0.1) is 0 Å². The molecule has 1 aliphatic heterocycles. The zero-order chi connectivity index (χ0) is 9.40. The van der Waals surface area contributed by atoms with Crippen molar-refractivity contribution in [2.45, 2.75) is 32.6 Å². The number of nitrogens with zero attached hydrogens (tertiary/aromatic N) is 2. The number of hydrogen-bond acceptors (Lipinski definition) is 2. The van der Waals surface area contributed by atoms with E-state index in [9.17, 15) is 0 Å². The summed E-state index contributed by atoms with van der Waals surface area (Å²) in [6.45, 7) is 6.96. The van der Waals surface area contributed by atoms with Gasteiger partial charge in [-0.1, -0.05) is 13.0 Å². The van der Waals surface area contributed by atoms with Gasteiger partial charge in [-0.2, -0.15) is 0 Å². The van der Waals surface area contributed by atoms with E-state index in [-0.39, 0.29) is 0 Å². The molecule has 0 aromatic carbocycles. The van der Waals surface area contributed by atoms with Gasteiger partial charge in [0.15, 0.2) is 0 Å². The summed E-state index contributed by atoms with van der Waals surface area (Å²) in [4.78, 5) is 2.38. The molecule has 0 spiro atoms. The third-order valence-corrected chi connectivity index (χ3v) is 2.11. The summed E-state index contributed by atoms with van der Waals surface area (Å²) < 4.78 is 0. The first-order valence-electron chi connectivity index (χ1n) is 4.50. The highest BCUT2D eigenvalue weighted by molar-refractivity contribution is 5.02. The molecule has 0 aromatic heterocycles. The molecule has 0 atom stereocenters. The SMILES string of the molecule is C#N.CCC=C1CCCCN1C. The van der Waals surface area contributed by atoms with E-state index < -0.39 is 0 Å². The lowest BCUT2D eigenvalue weighted by Crippen LogP contribution is -2.23. The van der Waals surface area contributed by atoms with Crippen LogP contribution >= 0.6 is 0 Å². The van der Waals surface area contributed by atoms with E-state index in [1.807, 2.05) is 0 Å². The van der Waals surface area contributed by atoms with Crippen LogP contribution in [0, 0.1) is 11.8 Å². The van der Waals surface area contributed by atoms with Crippen LogP contribution in [0.4, 0.5) is 0 Å². The lowest BCUT2D eigenvalue weighted by Gasteiger charge is -2.27. The van der Waals surface area contributed by atoms with Crippen LogP contribution in [-0.4, -0.2) is 18.5 Å².